The first-order valence-corrected chi connectivity index (χ1v) is 6.63. The van der Waals surface area contributed by atoms with Crippen LogP contribution in [-0.2, 0) is 13.5 Å². The van der Waals surface area contributed by atoms with Crippen LogP contribution in [0.2, 0.25) is 0 Å². The molecule has 2 aromatic rings. The topological polar surface area (TPSA) is 27.1 Å². The van der Waals surface area contributed by atoms with Gasteiger partial charge in [-0.1, -0.05) is 12.1 Å². The minimum Gasteiger partial charge on any atom is -0.496 e. The molecule has 1 aromatic heterocycles. The maximum absolute atomic E-state index is 5.27. The molecule has 0 aliphatic heterocycles. The monoisotopic (exact) mass is 308 g/mol. The quantitative estimate of drug-likeness (QED) is 0.869. The molecule has 0 bridgehead atoms. The molecule has 18 heavy (non-hydrogen) atoms. The maximum atomic E-state index is 5.27. The summed E-state index contributed by atoms with van der Waals surface area (Å²) in [6, 6.07) is 6.27. The molecule has 0 atom stereocenters. The van der Waals surface area contributed by atoms with Crippen LogP contribution in [0.4, 0.5) is 0 Å². The number of hydrogen-bond acceptors (Lipinski definition) is 2. The van der Waals surface area contributed by atoms with Crippen molar-refractivity contribution >= 4 is 15.9 Å². The second-order valence-corrected chi connectivity index (χ2v) is 5.19. The zero-order valence-electron chi connectivity index (χ0n) is 11.1. The molecule has 1 heterocycles. The van der Waals surface area contributed by atoms with Crippen LogP contribution >= 0.6 is 15.9 Å². The van der Waals surface area contributed by atoms with Crippen molar-refractivity contribution in [2.75, 3.05) is 7.11 Å². The number of imidazole rings is 1. The first-order valence-electron chi connectivity index (χ1n) is 5.84. The van der Waals surface area contributed by atoms with E-state index in [9.17, 15) is 0 Å². The van der Waals surface area contributed by atoms with Gasteiger partial charge in [0.1, 0.15) is 16.2 Å². The number of nitrogens with zero attached hydrogens (tertiary/aromatic N) is 2. The molecule has 0 aliphatic carbocycles. The van der Waals surface area contributed by atoms with Gasteiger partial charge in [-0.3, -0.25) is 0 Å². The van der Waals surface area contributed by atoms with Gasteiger partial charge in [0, 0.05) is 13.5 Å². The number of rotatable bonds is 3. The highest BCUT2D eigenvalue weighted by Crippen LogP contribution is 2.23. The Hall–Kier alpha value is -1.29. The van der Waals surface area contributed by atoms with Crippen molar-refractivity contribution in [1.29, 1.82) is 0 Å². The van der Waals surface area contributed by atoms with Crippen molar-refractivity contribution in [3.05, 3.63) is 45.4 Å². The summed E-state index contributed by atoms with van der Waals surface area (Å²) in [5.74, 6) is 1.95. The minimum atomic E-state index is 0.864. The van der Waals surface area contributed by atoms with Crippen LogP contribution in [0.5, 0.6) is 5.75 Å². The van der Waals surface area contributed by atoms with E-state index in [1.807, 2.05) is 20.0 Å². The Balaban J connectivity index is 2.31. The molecule has 0 unspecified atom stereocenters. The lowest BCUT2D eigenvalue weighted by Crippen LogP contribution is -2.00. The molecular formula is C14H17BrN2O. The van der Waals surface area contributed by atoms with Gasteiger partial charge in [-0.05, 0) is 47.0 Å². The average Bonchev–Trinajstić information content (AvgIpc) is 2.56. The molecule has 3 nitrogen and oxygen atoms in total. The van der Waals surface area contributed by atoms with E-state index in [0.717, 1.165) is 28.2 Å². The van der Waals surface area contributed by atoms with Crippen molar-refractivity contribution in [2.45, 2.75) is 20.3 Å². The molecule has 0 saturated heterocycles. The van der Waals surface area contributed by atoms with Gasteiger partial charge >= 0.3 is 0 Å². The molecule has 0 aliphatic rings. The first-order chi connectivity index (χ1) is 8.52. The summed E-state index contributed by atoms with van der Waals surface area (Å²) < 4.78 is 8.32. The van der Waals surface area contributed by atoms with Crippen LogP contribution in [0.15, 0.2) is 22.8 Å². The van der Waals surface area contributed by atoms with Crippen molar-refractivity contribution in [2.24, 2.45) is 7.05 Å². The Morgan fingerprint density at radius 1 is 1.33 bits per heavy atom. The Labute approximate surface area is 116 Å². The molecule has 0 saturated carbocycles. The summed E-state index contributed by atoms with van der Waals surface area (Å²) in [5.41, 5.74) is 3.61. The van der Waals surface area contributed by atoms with Gasteiger partial charge in [-0.2, -0.15) is 0 Å². The summed E-state index contributed by atoms with van der Waals surface area (Å²) in [7, 11) is 3.74. The Kier molecular flexibility index (Phi) is 3.76. The zero-order valence-corrected chi connectivity index (χ0v) is 12.7. The Morgan fingerprint density at radius 2 is 2.06 bits per heavy atom. The fourth-order valence-electron chi connectivity index (χ4n) is 2.05. The molecule has 0 amide bonds. The van der Waals surface area contributed by atoms with Gasteiger partial charge in [0.15, 0.2) is 0 Å². The molecule has 96 valence electrons. The van der Waals surface area contributed by atoms with E-state index in [1.54, 1.807) is 7.11 Å². The Morgan fingerprint density at radius 3 is 2.56 bits per heavy atom. The third kappa shape index (κ3) is 2.43. The minimum absolute atomic E-state index is 0.864. The SMILES string of the molecule is COc1ccc(Cc2c(Br)nc(C)n2C)cc1C. The number of benzene rings is 1. The Bertz CT molecular complexity index is 575. The van der Waals surface area contributed by atoms with E-state index in [0.29, 0.717) is 0 Å². The molecule has 0 fully saturated rings. The maximum Gasteiger partial charge on any atom is 0.127 e. The lowest BCUT2D eigenvalue weighted by atomic mass is 10.1. The van der Waals surface area contributed by atoms with E-state index >= 15 is 0 Å². The molecule has 0 spiro atoms. The van der Waals surface area contributed by atoms with Gasteiger partial charge in [-0.15, -0.1) is 0 Å². The second kappa shape index (κ2) is 5.14. The van der Waals surface area contributed by atoms with Crippen molar-refractivity contribution < 1.29 is 4.74 Å². The molecule has 1 aromatic carbocycles. The van der Waals surface area contributed by atoms with Crippen molar-refractivity contribution in [1.82, 2.24) is 9.55 Å². The number of methoxy groups -OCH3 is 1. The number of halogens is 1. The smallest absolute Gasteiger partial charge is 0.127 e. The third-order valence-corrected chi connectivity index (χ3v) is 3.85. The van der Waals surface area contributed by atoms with Crippen molar-refractivity contribution in [3.63, 3.8) is 0 Å². The largest absolute Gasteiger partial charge is 0.496 e. The van der Waals surface area contributed by atoms with E-state index in [2.05, 4.69) is 44.5 Å². The molecular weight excluding hydrogens is 292 g/mol. The van der Waals surface area contributed by atoms with E-state index in [1.165, 1.54) is 11.3 Å². The van der Waals surface area contributed by atoms with Gasteiger partial charge in [-0.25, -0.2) is 4.98 Å². The van der Waals surface area contributed by atoms with Crippen LogP contribution in [-0.4, -0.2) is 16.7 Å². The van der Waals surface area contributed by atoms with Gasteiger partial charge in [0.05, 0.1) is 12.8 Å². The summed E-state index contributed by atoms with van der Waals surface area (Å²) in [4.78, 5) is 4.42. The molecule has 0 N–H and O–H groups in total. The molecule has 4 heteroatoms. The van der Waals surface area contributed by atoms with Crippen LogP contribution in [0.25, 0.3) is 0 Å². The summed E-state index contributed by atoms with van der Waals surface area (Å²) in [6.07, 6.45) is 0.864. The highest BCUT2D eigenvalue weighted by atomic mass is 79.9. The van der Waals surface area contributed by atoms with Crippen LogP contribution in [0, 0.1) is 13.8 Å². The lowest BCUT2D eigenvalue weighted by molar-refractivity contribution is 0.411. The number of hydrogen-bond donors (Lipinski definition) is 0. The summed E-state index contributed by atoms with van der Waals surface area (Å²) in [6.45, 7) is 4.07. The summed E-state index contributed by atoms with van der Waals surface area (Å²) >= 11 is 3.52. The predicted molar refractivity (Wildman–Crippen MR) is 76.2 cm³/mol. The standard InChI is InChI=1S/C14H17BrN2O/c1-9-7-11(5-6-13(9)18-4)8-12-14(15)16-10(2)17(12)3/h5-7H,8H2,1-4H3. The van der Waals surface area contributed by atoms with Gasteiger partial charge in [0.2, 0.25) is 0 Å². The number of ether oxygens (including phenoxy) is 1. The molecule has 0 radical (unpaired) electrons. The van der Waals surface area contributed by atoms with Crippen LogP contribution < -0.4 is 4.74 Å². The van der Waals surface area contributed by atoms with Crippen molar-refractivity contribution in [3.8, 4) is 5.75 Å². The summed E-state index contributed by atoms with van der Waals surface area (Å²) in [5, 5.41) is 0. The lowest BCUT2D eigenvalue weighted by Gasteiger charge is -2.08. The number of aromatic nitrogens is 2. The van der Waals surface area contributed by atoms with Crippen LogP contribution in [0.3, 0.4) is 0 Å². The third-order valence-electron chi connectivity index (χ3n) is 3.22. The van der Waals surface area contributed by atoms with Gasteiger partial charge < -0.3 is 9.30 Å². The van der Waals surface area contributed by atoms with E-state index in [4.69, 9.17) is 4.74 Å². The zero-order chi connectivity index (χ0) is 13.3. The van der Waals surface area contributed by atoms with E-state index in [-0.39, 0.29) is 0 Å². The molecule has 2 rings (SSSR count). The predicted octanol–water partition coefficient (Wildman–Crippen LogP) is 3.40. The van der Waals surface area contributed by atoms with Gasteiger partial charge in [0.25, 0.3) is 0 Å². The average molecular weight is 309 g/mol. The second-order valence-electron chi connectivity index (χ2n) is 4.44. The van der Waals surface area contributed by atoms with Crippen LogP contribution in [0.1, 0.15) is 22.6 Å². The number of aryl methyl sites for hydroxylation is 2. The highest BCUT2D eigenvalue weighted by molar-refractivity contribution is 9.10. The normalized spacial score (nSPS) is 10.7. The fourth-order valence-corrected chi connectivity index (χ4v) is 2.71. The van der Waals surface area contributed by atoms with E-state index < -0.39 is 0 Å². The first kappa shape index (κ1) is 13.1. The fraction of sp³-hybridized carbons (Fsp3) is 0.357. The highest BCUT2D eigenvalue weighted by Gasteiger charge is 2.11.